The number of aliphatic hydroxyl groups excluding tert-OH is 1. The number of hydrogen-bond donors (Lipinski definition) is 2. The molecule has 0 aromatic carbocycles. The predicted octanol–water partition coefficient (Wildman–Crippen LogP) is 0.450. The first-order chi connectivity index (χ1) is 6.16. The number of fused-ring (bicyclic) bond motifs is 2. The van der Waals surface area contributed by atoms with Gasteiger partial charge in [0.05, 0.1) is 12.1 Å². The van der Waals surface area contributed by atoms with E-state index in [0.717, 1.165) is 12.8 Å². The SMILES string of the molecule is CC(=O)NC1(CO)CC2C=CC1C2. The third kappa shape index (κ3) is 1.27. The summed E-state index contributed by atoms with van der Waals surface area (Å²) in [5.41, 5.74) is -0.356. The van der Waals surface area contributed by atoms with Crippen LogP contribution in [0.3, 0.4) is 0 Å². The van der Waals surface area contributed by atoms with E-state index < -0.39 is 0 Å². The molecule has 1 saturated carbocycles. The molecule has 0 radical (unpaired) electrons. The Morgan fingerprint density at radius 2 is 2.46 bits per heavy atom. The van der Waals surface area contributed by atoms with Crippen molar-refractivity contribution in [3.05, 3.63) is 12.2 Å². The molecule has 0 aromatic heterocycles. The molecule has 0 aromatic rings. The normalized spacial score (nSPS) is 41.1. The van der Waals surface area contributed by atoms with Gasteiger partial charge in [-0.25, -0.2) is 0 Å². The summed E-state index contributed by atoms with van der Waals surface area (Å²) in [5, 5.41) is 12.2. The van der Waals surface area contributed by atoms with Crippen LogP contribution >= 0.6 is 0 Å². The van der Waals surface area contributed by atoms with Gasteiger partial charge in [-0.05, 0) is 18.8 Å². The lowest BCUT2D eigenvalue weighted by molar-refractivity contribution is -0.121. The second-order valence-electron chi connectivity index (χ2n) is 4.19. The van der Waals surface area contributed by atoms with Crippen LogP contribution in [0, 0.1) is 11.8 Å². The summed E-state index contributed by atoms with van der Waals surface area (Å²) in [7, 11) is 0. The summed E-state index contributed by atoms with van der Waals surface area (Å²) in [6, 6.07) is 0. The minimum atomic E-state index is -0.356. The Kier molecular flexibility index (Phi) is 1.91. The van der Waals surface area contributed by atoms with Gasteiger partial charge in [0.15, 0.2) is 0 Å². The molecule has 3 nitrogen and oxygen atoms in total. The molecular formula is C10H15NO2. The molecule has 1 amide bonds. The molecule has 3 atom stereocenters. The van der Waals surface area contributed by atoms with Crippen molar-refractivity contribution in [2.75, 3.05) is 6.61 Å². The van der Waals surface area contributed by atoms with Crippen LogP contribution in [0.25, 0.3) is 0 Å². The van der Waals surface area contributed by atoms with Crippen LogP contribution in [0.15, 0.2) is 12.2 Å². The van der Waals surface area contributed by atoms with Crippen LogP contribution in [-0.4, -0.2) is 23.2 Å². The number of carbonyl (C=O) groups excluding carboxylic acids is 1. The fourth-order valence-corrected chi connectivity index (χ4v) is 2.67. The van der Waals surface area contributed by atoms with E-state index in [0.29, 0.717) is 11.8 Å². The Morgan fingerprint density at radius 1 is 1.69 bits per heavy atom. The molecule has 0 aliphatic heterocycles. The third-order valence-electron chi connectivity index (χ3n) is 3.22. The molecule has 2 aliphatic rings. The van der Waals surface area contributed by atoms with Crippen LogP contribution in [0.5, 0.6) is 0 Å². The van der Waals surface area contributed by atoms with Gasteiger partial charge in [0.25, 0.3) is 0 Å². The zero-order chi connectivity index (χ0) is 9.47. The molecule has 2 rings (SSSR count). The van der Waals surface area contributed by atoms with Gasteiger partial charge < -0.3 is 10.4 Å². The number of nitrogens with one attached hydrogen (secondary N) is 1. The van der Waals surface area contributed by atoms with Crippen molar-refractivity contribution in [1.29, 1.82) is 0 Å². The summed E-state index contributed by atoms with van der Waals surface area (Å²) in [6.07, 6.45) is 6.30. The molecule has 3 heteroatoms. The van der Waals surface area contributed by atoms with Crippen LogP contribution in [0.1, 0.15) is 19.8 Å². The lowest BCUT2D eigenvalue weighted by Gasteiger charge is -2.34. The first kappa shape index (κ1) is 8.75. The van der Waals surface area contributed by atoms with Gasteiger partial charge in [-0.2, -0.15) is 0 Å². The van der Waals surface area contributed by atoms with Gasteiger partial charge in [0.2, 0.25) is 5.91 Å². The third-order valence-corrected chi connectivity index (χ3v) is 3.22. The van der Waals surface area contributed by atoms with E-state index >= 15 is 0 Å². The van der Waals surface area contributed by atoms with Crippen molar-refractivity contribution in [1.82, 2.24) is 5.32 Å². The number of amides is 1. The average Bonchev–Trinajstić information content (AvgIpc) is 2.62. The summed E-state index contributed by atoms with van der Waals surface area (Å²) >= 11 is 0. The molecular weight excluding hydrogens is 166 g/mol. The van der Waals surface area contributed by atoms with Gasteiger partial charge >= 0.3 is 0 Å². The molecule has 1 fully saturated rings. The first-order valence-electron chi connectivity index (χ1n) is 4.74. The second-order valence-corrected chi connectivity index (χ2v) is 4.19. The van der Waals surface area contributed by atoms with E-state index in [9.17, 15) is 9.90 Å². The number of allylic oxidation sites excluding steroid dienone is 1. The Bertz CT molecular complexity index is 262. The first-order valence-corrected chi connectivity index (χ1v) is 4.74. The van der Waals surface area contributed by atoms with E-state index in [-0.39, 0.29) is 18.1 Å². The van der Waals surface area contributed by atoms with Crippen LogP contribution in [0.2, 0.25) is 0 Å². The van der Waals surface area contributed by atoms with Crippen molar-refractivity contribution in [2.45, 2.75) is 25.3 Å². The molecule has 2 aliphatic carbocycles. The highest BCUT2D eigenvalue weighted by Gasteiger charge is 2.48. The summed E-state index contributed by atoms with van der Waals surface area (Å²) in [6.45, 7) is 1.56. The molecule has 0 heterocycles. The minimum absolute atomic E-state index is 0.0463. The Balaban J connectivity index is 2.17. The quantitative estimate of drug-likeness (QED) is 0.608. The smallest absolute Gasteiger partial charge is 0.217 e. The maximum absolute atomic E-state index is 11.0. The standard InChI is InChI=1S/C10H15NO2/c1-7(13)11-10(6-12)5-8-2-3-9(10)4-8/h2-3,8-9,12H,4-6H2,1H3,(H,11,13). The minimum Gasteiger partial charge on any atom is -0.394 e. The maximum atomic E-state index is 11.0. The Morgan fingerprint density at radius 3 is 2.85 bits per heavy atom. The van der Waals surface area contributed by atoms with E-state index in [1.165, 1.54) is 6.92 Å². The molecule has 0 saturated heterocycles. The van der Waals surface area contributed by atoms with Crippen molar-refractivity contribution in [3.63, 3.8) is 0 Å². The van der Waals surface area contributed by atoms with Crippen molar-refractivity contribution < 1.29 is 9.90 Å². The van der Waals surface area contributed by atoms with Gasteiger partial charge in [-0.3, -0.25) is 4.79 Å². The molecule has 13 heavy (non-hydrogen) atoms. The number of carbonyl (C=O) groups is 1. The highest BCUT2D eigenvalue weighted by atomic mass is 16.3. The lowest BCUT2D eigenvalue weighted by atomic mass is 9.85. The summed E-state index contributed by atoms with van der Waals surface area (Å²) in [5.74, 6) is 0.852. The zero-order valence-corrected chi connectivity index (χ0v) is 7.79. The number of aliphatic hydroxyl groups is 1. The largest absolute Gasteiger partial charge is 0.394 e. The van der Waals surface area contributed by atoms with E-state index in [4.69, 9.17) is 0 Å². The molecule has 72 valence electrons. The monoisotopic (exact) mass is 181 g/mol. The van der Waals surface area contributed by atoms with Gasteiger partial charge in [0, 0.05) is 12.8 Å². The Labute approximate surface area is 77.8 Å². The lowest BCUT2D eigenvalue weighted by Crippen LogP contribution is -2.53. The fourth-order valence-electron chi connectivity index (χ4n) is 2.67. The van der Waals surface area contributed by atoms with E-state index in [1.54, 1.807) is 0 Å². The van der Waals surface area contributed by atoms with Gasteiger partial charge in [-0.15, -0.1) is 0 Å². The molecule has 3 unspecified atom stereocenters. The van der Waals surface area contributed by atoms with Gasteiger partial charge in [0.1, 0.15) is 0 Å². The van der Waals surface area contributed by atoms with E-state index in [2.05, 4.69) is 17.5 Å². The average molecular weight is 181 g/mol. The van der Waals surface area contributed by atoms with Crippen LogP contribution in [0.4, 0.5) is 0 Å². The summed E-state index contributed by atoms with van der Waals surface area (Å²) in [4.78, 5) is 11.0. The van der Waals surface area contributed by atoms with Gasteiger partial charge in [-0.1, -0.05) is 12.2 Å². The Hall–Kier alpha value is -0.830. The van der Waals surface area contributed by atoms with Crippen molar-refractivity contribution in [3.8, 4) is 0 Å². The number of hydrogen-bond acceptors (Lipinski definition) is 2. The molecule has 2 N–H and O–H groups in total. The van der Waals surface area contributed by atoms with Crippen molar-refractivity contribution >= 4 is 5.91 Å². The van der Waals surface area contributed by atoms with Crippen molar-refractivity contribution in [2.24, 2.45) is 11.8 Å². The topological polar surface area (TPSA) is 49.3 Å². The van der Waals surface area contributed by atoms with E-state index in [1.807, 2.05) is 0 Å². The molecule has 0 spiro atoms. The fraction of sp³-hybridized carbons (Fsp3) is 0.700. The maximum Gasteiger partial charge on any atom is 0.217 e. The molecule has 2 bridgehead atoms. The zero-order valence-electron chi connectivity index (χ0n) is 7.79. The second kappa shape index (κ2) is 2.84. The summed E-state index contributed by atoms with van der Waals surface area (Å²) < 4.78 is 0. The number of rotatable bonds is 2. The highest BCUT2D eigenvalue weighted by molar-refractivity contribution is 5.74. The highest BCUT2D eigenvalue weighted by Crippen LogP contribution is 2.45. The van der Waals surface area contributed by atoms with Crippen LogP contribution in [-0.2, 0) is 4.79 Å². The van der Waals surface area contributed by atoms with Crippen LogP contribution < -0.4 is 5.32 Å². The predicted molar refractivity (Wildman–Crippen MR) is 49.0 cm³/mol.